The van der Waals surface area contributed by atoms with E-state index in [1.165, 1.54) is 0 Å². The van der Waals surface area contributed by atoms with E-state index in [0.717, 1.165) is 10.0 Å². The molecule has 7 nitrogen and oxygen atoms in total. The Balaban J connectivity index is 2.24. The second kappa shape index (κ2) is 8.28. The van der Waals surface area contributed by atoms with Gasteiger partial charge in [-0.25, -0.2) is 9.59 Å². The summed E-state index contributed by atoms with van der Waals surface area (Å²) in [4.78, 5) is 32.7. The molecule has 108 valence electrons. The molecule has 0 aromatic heterocycles. The highest BCUT2D eigenvalue weighted by Crippen LogP contribution is 2.09. The molecular weight excluding hydrogens is 332 g/mol. The van der Waals surface area contributed by atoms with Gasteiger partial charge in [0.05, 0.1) is 0 Å². The summed E-state index contributed by atoms with van der Waals surface area (Å²) < 4.78 is 5.46. The van der Waals surface area contributed by atoms with Crippen molar-refractivity contribution >= 4 is 33.8 Å². The number of benzene rings is 1. The van der Waals surface area contributed by atoms with E-state index < -0.39 is 31.1 Å². The fourth-order valence-electron chi connectivity index (χ4n) is 1.22. The molecule has 8 heteroatoms. The Morgan fingerprint density at radius 2 is 1.80 bits per heavy atom. The molecule has 1 aromatic rings. The lowest BCUT2D eigenvalue weighted by molar-refractivity contribution is -0.143. The number of carboxylic acids is 1. The van der Waals surface area contributed by atoms with Crippen LogP contribution in [0.1, 0.15) is 5.56 Å². The van der Waals surface area contributed by atoms with Crippen LogP contribution >= 0.6 is 15.9 Å². The number of halogens is 1. The second-order valence-electron chi connectivity index (χ2n) is 3.74. The third-order valence-corrected chi connectivity index (χ3v) is 2.61. The minimum Gasteiger partial charge on any atom is -0.480 e. The van der Waals surface area contributed by atoms with Gasteiger partial charge < -0.3 is 15.2 Å². The average Bonchev–Trinajstić information content (AvgIpc) is 2.37. The molecule has 1 rings (SSSR count). The fraction of sp³-hybridized carbons (Fsp3) is 0.250. The number of carboxylic acid groups (broad SMARTS) is 1. The minimum absolute atomic E-state index is 0.266. The number of nitrogens with one attached hydrogen (secondary N) is 2. The first-order valence-corrected chi connectivity index (χ1v) is 6.38. The van der Waals surface area contributed by atoms with Crippen LogP contribution in [0.3, 0.4) is 0 Å². The number of carbonyl (C=O) groups excluding carboxylic acids is 2. The maximum atomic E-state index is 11.4. The van der Waals surface area contributed by atoms with Gasteiger partial charge in [-0.15, -0.1) is 0 Å². The fourth-order valence-corrected chi connectivity index (χ4v) is 1.49. The lowest BCUT2D eigenvalue weighted by Gasteiger charge is -2.07. The Morgan fingerprint density at radius 1 is 1.15 bits per heavy atom. The first kappa shape index (κ1) is 16.1. The lowest BCUT2D eigenvalue weighted by Crippen LogP contribution is -2.41. The molecule has 1 aromatic carbocycles. The van der Waals surface area contributed by atoms with Crippen LogP contribution in [0.25, 0.3) is 0 Å². The SMILES string of the molecule is O=C(O)COCC(=O)NC(=O)NCc1ccc(Br)cc1. The standard InChI is InChI=1S/C12H13BrN2O5/c13-9-3-1-8(2-4-9)5-14-12(19)15-10(16)6-20-7-11(17)18/h1-4H,5-7H2,(H,17,18)(H2,14,15,16,19). The maximum absolute atomic E-state index is 11.4. The molecule has 0 saturated carbocycles. The molecule has 0 fully saturated rings. The number of ether oxygens (including phenoxy) is 1. The highest BCUT2D eigenvalue weighted by atomic mass is 79.9. The van der Waals surface area contributed by atoms with Gasteiger partial charge in [0, 0.05) is 11.0 Å². The molecule has 0 bridgehead atoms. The summed E-state index contributed by atoms with van der Waals surface area (Å²) in [5, 5.41) is 12.8. The molecule has 0 atom stereocenters. The van der Waals surface area contributed by atoms with Crippen molar-refractivity contribution in [3.8, 4) is 0 Å². The number of carbonyl (C=O) groups is 3. The van der Waals surface area contributed by atoms with Gasteiger partial charge in [0.25, 0.3) is 5.91 Å². The van der Waals surface area contributed by atoms with Gasteiger partial charge in [0.15, 0.2) is 0 Å². The van der Waals surface area contributed by atoms with Crippen LogP contribution in [0.4, 0.5) is 4.79 Å². The van der Waals surface area contributed by atoms with E-state index in [2.05, 4.69) is 26.0 Å². The molecule has 3 N–H and O–H groups in total. The summed E-state index contributed by atoms with van der Waals surface area (Å²) in [6.45, 7) is -0.811. The quantitative estimate of drug-likeness (QED) is 0.710. The number of aliphatic carboxylic acids is 1. The lowest BCUT2D eigenvalue weighted by atomic mass is 10.2. The zero-order chi connectivity index (χ0) is 15.0. The molecule has 0 spiro atoms. The zero-order valence-corrected chi connectivity index (χ0v) is 12.0. The van der Waals surface area contributed by atoms with Crippen LogP contribution in [0.15, 0.2) is 28.7 Å². The third-order valence-electron chi connectivity index (χ3n) is 2.08. The first-order chi connectivity index (χ1) is 9.47. The van der Waals surface area contributed by atoms with E-state index >= 15 is 0 Å². The van der Waals surface area contributed by atoms with Gasteiger partial charge >= 0.3 is 12.0 Å². The number of amides is 3. The third kappa shape index (κ3) is 6.86. The summed E-state index contributed by atoms with van der Waals surface area (Å²) in [5.74, 6) is -1.89. The van der Waals surface area contributed by atoms with E-state index in [4.69, 9.17) is 5.11 Å². The molecule has 0 aliphatic carbocycles. The molecule has 0 unspecified atom stereocenters. The Hall–Kier alpha value is -1.93. The number of imide groups is 1. The predicted octanol–water partition coefficient (Wildman–Crippen LogP) is 0.876. The molecule has 0 saturated heterocycles. The Labute approximate surface area is 123 Å². The van der Waals surface area contributed by atoms with Crippen LogP contribution in [-0.4, -0.2) is 36.2 Å². The van der Waals surface area contributed by atoms with Crippen molar-refractivity contribution in [2.24, 2.45) is 0 Å². The van der Waals surface area contributed by atoms with Gasteiger partial charge in [0.1, 0.15) is 13.2 Å². The summed E-state index contributed by atoms with van der Waals surface area (Å²) in [6.07, 6.45) is 0. The van der Waals surface area contributed by atoms with E-state index in [1.807, 2.05) is 29.6 Å². The first-order valence-electron chi connectivity index (χ1n) is 5.59. The summed E-state index contributed by atoms with van der Waals surface area (Å²) in [7, 11) is 0. The van der Waals surface area contributed by atoms with Crippen molar-refractivity contribution < 1.29 is 24.2 Å². The van der Waals surface area contributed by atoms with Crippen LogP contribution < -0.4 is 10.6 Å². The second-order valence-corrected chi connectivity index (χ2v) is 4.66. The predicted molar refractivity (Wildman–Crippen MR) is 73.0 cm³/mol. The molecule has 0 heterocycles. The number of urea groups is 1. The monoisotopic (exact) mass is 344 g/mol. The van der Waals surface area contributed by atoms with E-state index in [0.29, 0.717) is 0 Å². The van der Waals surface area contributed by atoms with Crippen molar-refractivity contribution in [1.82, 2.24) is 10.6 Å². The van der Waals surface area contributed by atoms with Crippen molar-refractivity contribution in [2.75, 3.05) is 13.2 Å². The summed E-state index contributed by atoms with van der Waals surface area (Å²) >= 11 is 3.29. The van der Waals surface area contributed by atoms with Gasteiger partial charge in [-0.1, -0.05) is 28.1 Å². The Bertz CT molecular complexity index is 489. The van der Waals surface area contributed by atoms with Crippen molar-refractivity contribution in [1.29, 1.82) is 0 Å². The maximum Gasteiger partial charge on any atom is 0.329 e. The molecule has 20 heavy (non-hydrogen) atoms. The van der Waals surface area contributed by atoms with Crippen molar-refractivity contribution in [2.45, 2.75) is 6.54 Å². The zero-order valence-electron chi connectivity index (χ0n) is 10.4. The average molecular weight is 345 g/mol. The van der Waals surface area contributed by atoms with Crippen LogP contribution in [0.2, 0.25) is 0 Å². The summed E-state index contributed by atoms with van der Waals surface area (Å²) in [6, 6.07) is 6.64. The van der Waals surface area contributed by atoms with Gasteiger partial charge in [-0.2, -0.15) is 0 Å². The van der Waals surface area contributed by atoms with Crippen molar-refractivity contribution in [3.63, 3.8) is 0 Å². The molecule has 3 amide bonds. The Kier molecular flexibility index (Phi) is 6.68. The smallest absolute Gasteiger partial charge is 0.329 e. The Morgan fingerprint density at radius 3 is 2.40 bits per heavy atom. The molecule has 0 radical (unpaired) electrons. The molecule has 0 aliphatic rings. The van der Waals surface area contributed by atoms with Gasteiger partial charge in [0.2, 0.25) is 0 Å². The number of hydrogen-bond acceptors (Lipinski definition) is 4. The van der Waals surface area contributed by atoms with Gasteiger partial charge in [-0.05, 0) is 17.7 Å². The van der Waals surface area contributed by atoms with Gasteiger partial charge in [-0.3, -0.25) is 10.1 Å². The highest BCUT2D eigenvalue weighted by molar-refractivity contribution is 9.10. The van der Waals surface area contributed by atoms with Crippen LogP contribution in [0, 0.1) is 0 Å². The highest BCUT2D eigenvalue weighted by Gasteiger charge is 2.08. The largest absolute Gasteiger partial charge is 0.480 e. The summed E-state index contributed by atoms with van der Waals surface area (Å²) in [5.41, 5.74) is 0.873. The topological polar surface area (TPSA) is 105 Å². The molecular formula is C12H13BrN2O5. The van der Waals surface area contributed by atoms with E-state index in [9.17, 15) is 14.4 Å². The number of rotatable bonds is 6. The van der Waals surface area contributed by atoms with E-state index in [1.54, 1.807) is 0 Å². The minimum atomic E-state index is -1.18. The molecule has 0 aliphatic heterocycles. The van der Waals surface area contributed by atoms with Crippen molar-refractivity contribution in [3.05, 3.63) is 34.3 Å². The van der Waals surface area contributed by atoms with E-state index in [-0.39, 0.29) is 6.54 Å². The number of hydrogen-bond donors (Lipinski definition) is 3. The van der Waals surface area contributed by atoms with Crippen LogP contribution in [-0.2, 0) is 20.9 Å². The van der Waals surface area contributed by atoms with Crippen LogP contribution in [0.5, 0.6) is 0 Å². The normalized spacial score (nSPS) is 9.85.